The Morgan fingerprint density at radius 3 is 2.77 bits per heavy atom. The molecule has 26 heavy (non-hydrogen) atoms. The molecule has 2 aliphatic heterocycles. The van der Waals surface area contributed by atoms with E-state index in [9.17, 15) is 9.18 Å². The van der Waals surface area contributed by atoms with E-state index in [2.05, 4.69) is 0 Å². The van der Waals surface area contributed by atoms with Crippen molar-refractivity contribution in [2.24, 2.45) is 0 Å². The van der Waals surface area contributed by atoms with E-state index in [1.165, 1.54) is 12.1 Å². The Morgan fingerprint density at radius 2 is 2.00 bits per heavy atom. The van der Waals surface area contributed by atoms with Crippen LogP contribution in [0, 0.1) is 5.82 Å². The van der Waals surface area contributed by atoms with Crippen LogP contribution >= 0.6 is 11.6 Å². The summed E-state index contributed by atoms with van der Waals surface area (Å²) in [5.74, 6) is -0.543. The lowest BCUT2D eigenvalue weighted by Gasteiger charge is -2.39. The third-order valence-electron chi connectivity index (χ3n) is 5.08. The normalized spacial score (nSPS) is 22.2. The van der Waals surface area contributed by atoms with Crippen LogP contribution in [0.15, 0.2) is 54.8 Å². The van der Waals surface area contributed by atoms with Crippen LogP contribution in [0.5, 0.6) is 0 Å². The van der Waals surface area contributed by atoms with E-state index >= 15 is 0 Å². The first-order valence-corrected chi connectivity index (χ1v) is 9.10. The lowest BCUT2D eigenvalue weighted by atomic mass is 9.86. The number of piperidine rings is 1. The summed E-state index contributed by atoms with van der Waals surface area (Å²) in [6.45, 7) is 1.17. The number of amides is 1. The van der Waals surface area contributed by atoms with Crippen molar-refractivity contribution in [1.29, 1.82) is 0 Å². The van der Waals surface area contributed by atoms with Crippen LogP contribution in [-0.2, 0) is 4.74 Å². The van der Waals surface area contributed by atoms with E-state index in [0.717, 1.165) is 30.4 Å². The molecule has 1 saturated heterocycles. The van der Waals surface area contributed by atoms with Crippen molar-refractivity contribution in [3.63, 3.8) is 0 Å². The van der Waals surface area contributed by atoms with Gasteiger partial charge in [-0.2, -0.15) is 0 Å². The minimum Gasteiger partial charge on any atom is -0.492 e. The van der Waals surface area contributed by atoms with Crippen molar-refractivity contribution in [3.8, 4) is 0 Å². The Kier molecular flexibility index (Phi) is 4.45. The maximum Gasteiger partial charge on any atom is 0.254 e. The zero-order valence-corrected chi connectivity index (χ0v) is 15.0. The molecule has 1 spiro atoms. The van der Waals surface area contributed by atoms with Crippen LogP contribution in [0.25, 0.3) is 5.57 Å². The Labute approximate surface area is 157 Å². The standard InChI is InChI=1S/C21H19ClFNO2/c22-18-7-5-15(6-8-18)17-12-21(26-13-17)9-2-10-24(14-21)20(25)16-3-1-4-19(23)11-16/h1,3-8,11,13H,2,9-10,12,14H2. The van der Waals surface area contributed by atoms with Gasteiger partial charge >= 0.3 is 0 Å². The fraction of sp³-hybridized carbons (Fsp3) is 0.286. The molecule has 3 nitrogen and oxygen atoms in total. The van der Waals surface area contributed by atoms with E-state index < -0.39 is 11.4 Å². The summed E-state index contributed by atoms with van der Waals surface area (Å²) in [6, 6.07) is 13.5. The Morgan fingerprint density at radius 1 is 1.19 bits per heavy atom. The first-order chi connectivity index (χ1) is 12.5. The van der Waals surface area contributed by atoms with Crippen LogP contribution in [0.4, 0.5) is 4.39 Å². The second-order valence-electron chi connectivity index (χ2n) is 6.97. The van der Waals surface area contributed by atoms with Crippen LogP contribution in [0.1, 0.15) is 35.2 Å². The van der Waals surface area contributed by atoms with Gasteiger partial charge in [-0.15, -0.1) is 0 Å². The zero-order chi connectivity index (χ0) is 18.1. The fourth-order valence-corrected chi connectivity index (χ4v) is 3.90. The van der Waals surface area contributed by atoms with Gasteiger partial charge in [0.25, 0.3) is 5.91 Å². The quantitative estimate of drug-likeness (QED) is 0.750. The van der Waals surface area contributed by atoms with Crippen molar-refractivity contribution in [2.75, 3.05) is 13.1 Å². The highest BCUT2D eigenvalue weighted by Crippen LogP contribution is 2.40. The van der Waals surface area contributed by atoms with Gasteiger partial charge in [0.05, 0.1) is 12.8 Å². The molecular weight excluding hydrogens is 353 g/mol. The highest BCUT2D eigenvalue weighted by molar-refractivity contribution is 6.30. The molecule has 134 valence electrons. The predicted octanol–water partition coefficient (Wildman–Crippen LogP) is 4.92. The number of halogens is 2. The minimum absolute atomic E-state index is 0.146. The van der Waals surface area contributed by atoms with Gasteiger partial charge in [0.1, 0.15) is 11.4 Å². The van der Waals surface area contributed by atoms with Crippen LogP contribution in [0.2, 0.25) is 5.02 Å². The molecule has 0 aliphatic carbocycles. The molecule has 2 aromatic carbocycles. The average Bonchev–Trinajstić information content (AvgIpc) is 3.05. The van der Waals surface area contributed by atoms with E-state index in [4.69, 9.17) is 16.3 Å². The molecule has 2 heterocycles. The molecule has 0 radical (unpaired) electrons. The van der Waals surface area contributed by atoms with Crippen LogP contribution < -0.4 is 0 Å². The monoisotopic (exact) mass is 371 g/mol. The third-order valence-corrected chi connectivity index (χ3v) is 5.33. The second kappa shape index (κ2) is 6.76. The van der Waals surface area contributed by atoms with E-state index in [1.54, 1.807) is 23.3 Å². The SMILES string of the molecule is O=C(c1cccc(F)c1)N1CCCC2(CC(c3ccc(Cl)cc3)=CO2)C1. The maximum absolute atomic E-state index is 13.4. The van der Waals surface area contributed by atoms with Gasteiger partial charge in [0, 0.05) is 23.6 Å². The summed E-state index contributed by atoms with van der Waals surface area (Å²) < 4.78 is 19.5. The van der Waals surface area contributed by atoms with Gasteiger partial charge in [0.2, 0.25) is 0 Å². The molecule has 0 saturated carbocycles. The highest BCUT2D eigenvalue weighted by atomic mass is 35.5. The first-order valence-electron chi connectivity index (χ1n) is 8.72. The molecule has 0 N–H and O–H groups in total. The summed E-state index contributed by atoms with van der Waals surface area (Å²) in [5, 5.41) is 0.701. The van der Waals surface area contributed by atoms with Crippen molar-refractivity contribution < 1.29 is 13.9 Å². The summed E-state index contributed by atoms with van der Waals surface area (Å²) in [4.78, 5) is 14.5. The molecule has 5 heteroatoms. The summed E-state index contributed by atoms with van der Waals surface area (Å²) >= 11 is 5.96. The summed E-state index contributed by atoms with van der Waals surface area (Å²) in [5.41, 5.74) is 2.18. The number of nitrogens with zero attached hydrogens (tertiary/aromatic N) is 1. The smallest absolute Gasteiger partial charge is 0.254 e. The lowest BCUT2D eigenvalue weighted by molar-refractivity contribution is -0.0190. The average molecular weight is 372 g/mol. The molecule has 1 fully saturated rings. The first kappa shape index (κ1) is 17.1. The van der Waals surface area contributed by atoms with Gasteiger partial charge in [-0.05, 0) is 54.3 Å². The van der Waals surface area contributed by atoms with Gasteiger partial charge in [0.15, 0.2) is 0 Å². The van der Waals surface area contributed by atoms with Gasteiger partial charge in [-0.25, -0.2) is 4.39 Å². The molecule has 1 amide bonds. The van der Waals surface area contributed by atoms with Crippen molar-refractivity contribution in [1.82, 2.24) is 4.90 Å². The van der Waals surface area contributed by atoms with Crippen molar-refractivity contribution in [3.05, 3.63) is 76.8 Å². The Bertz CT molecular complexity index is 865. The lowest BCUT2D eigenvalue weighted by Crippen LogP contribution is -2.50. The van der Waals surface area contributed by atoms with Crippen LogP contribution in [-0.4, -0.2) is 29.5 Å². The van der Waals surface area contributed by atoms with Crippen LogP contribution in [0.3, 0.4) is 0 Å². The Hall–Kier alpha value is -2.33. The third kappa shape index (κ3) is 3.34. The van der Waals surface area contributed by atoms with Crippen molar-refractivity contribution in [2.45, 2.75) is 24.9 Å². The molecule has 0 aromatic heterocycles. The number of hydrogen-bond acceptors (Lipinski definition) is 2. The van der Waals surface area contributed by atoms with Gasteiger partial charge in [-0.1, -0.05) is 29.8 Å². The number of hydrogen-bond donors (Lipinski definition) is 0. The van der Waals surface area contributed by atoms with E-state index in [0.29, 0.717) is 23.7 Å². The number of likely N-dealkylation sites (tertiary alicyclic amines) is 1. The fourth-order valence-electron chi connectivity index (χ4n) is 3.78. The molecule has 2 aliphatic rings. The zero-order valence-electron chi connectivity index (χ0n) is 14.3. The molecule has 1 atom stereocenters. The molecule has 4 rings (SSSR count). The number of carbonyl (C=O) groups excluding carboxylic acids is 1. The molecular formula is C21H19ClFNO2. The molecule has 1 unspecified atom stereocenters. The van der Waals surface area contributed by atoms with Gasteiger partial charge in [-0.3, -0.25) is 4.79 Å². The van der Waals surface area contributed by atoms with E-state index in [-0.39, 0.29) is 5.91 Å². The molecule has 2 aromatic rings. The predicted molar refractivity (Wildman–Crippen MR) is 99.4 cm³/mol. The summed E-state index contributed by atoms with van der Waals surface area (Å²) in [7, 11) is 0. The van der Waals surface area contributed by atoms with Gasteiger partial charge < -0.3 is 9.64 Å². The number of rotatable bonds is 2. The molecule has 0 bridgehead atoms. The number of ether oxygens (including phenoxy) is 1. The number of benzene rings is 2. The highest BCUT2D eigenvalue weighted by Gasteiger charge is 2.42. The maximum atomic E-state index is 13.4. The second-order valence-corrected chi connectivity index (χ2v) is 7.40. The van der Waals surface area contributed by atoms with Crippen molar-refractivity contribution >= 4 is 23.1 Å². The Balaban J connectivity index is 1.49. The minimum atomic E-state index is -0.397. The largest absolute Gasteiger partial charge is 0.492 e. The summed E-state index contributed by atoms with van der Waals surface area (Å²) in [6.07, 6.45) is 4.32. The van der Waals surface area contributed by atoms with E-state index in [1.807, 2.05) is 24.3 Å². The topological polar surface area (TPSA) is 29.5 Å². The number of carbonyl (C=O) groups is 1.